The standard InChI is InChI=1S/C21H39N3O.2CH2O2/c1-18-16-22(2)14-15-24(18)17-20-10-12-23(13-11-20)21(25)9-8-19-6-4-3-5-7-19;2*2-1-3/h18-20H,3-17H2,1-2H3;2*1H,(H,2,3). The fourth-order valence-corrected chi connectivity index (χ4v) is 5.11. The van der Waals surface area contributed by atoms with Crippen LogP contribution in [0, 0.1) is 11.8 Å². The number of carbonyl (C=O) groups excluding carboxylic acids is 1. The average Bonchev–Trinajstić information content (AvgIpc) is 2.76. The Kier molecular flexibility index (Phi) is 14.2. The SMILES string of the molecule is CC1CN(C)CCN1CC1CCN(C(=O)CCC2CCCCC2)CC1.O=CO.O=CO. The van der Waals surface area contributed by atoms with Gasteiger partial charge in [-0.25, -0.2) is 0 Å². The van der Waals surface area contributed by atoms with E-state index in [1.165, 1.54) is 71.1 Å². The van der Waals surface area contributed by atoms with E-state index < -0.39 is 0 Å². The molecule has 2 N–H and O–H groups in total. The van der Waals surface area contributed by atoms with Gasteiger partial charge in [-0.3, -0.25) is 19.3 Å². The fourth-order valence-electron chi connectivity index (χ4n) is 5.11. The molecule has 8 heteroatoms. The number of piperidine rings is 1. The van der Waals surface area contributed by atoms with E-state index in [0.29, 0.717) is 11.9 Å². The molecule has 180 valence electrons. The zero-order valence-corrected chi connectivity index (χ0v) is 19.5. The van der Waals surface area contributed by atoms with Crippen LogP contribution in [0.15, 0.2) is 0 Å². The van der Waals surface area contributed by atoms with Crippen LogP contribution in [0.25, 0.3) is 0 Å². The summed E-state index contributed by atoms with van der Waals surface area (Å²) in [5.74, 6) is 2.04. The molecule has 0 radical (unpaired) electrons. The first-order valence-electron chi connectivity index (χ1n) is 11.8. The Labute approximate surface area is 187 Å². The molecule has 3 rings (SSSR count). The van der Waals surface area contributed by atoms with Crippen molar-refractivity contribution in [2.75, 3.05) is 46.3 Å². The van der Waals surface area contributed by atoms with E-state index in [0.717, 1.165) is 37.8 Å². The predicted octanol–water partition coefficient (Wildman–Crippen LogP) is 2.62. The number of carboxylic acid groups (broad SMARTS) is 2. The van der Waals surface area contributed by atoms with Crippen molar-refractivity contribution in [3.63, 3.8) is 0 Å². The highest BCUT2D eigenvalue weighted by Gasteiger charge is 2.28. The lowest BCUT2D eigenvalue weighted by molar-refractivity contribution is -0.133. The zero-order chi connectivity index (χ0) is 23.1. The van der Waals surface area contributed by atoms with E-state index in [-0.39, 0.29) is 12.9 Å². The van der Waals surface area contributed by atoms with Crippen LogP contribution in [0.5, 0.6) is 0 Å². The molecule has 0 spiro atoms. The van der Waals surface area contributed by atoms with Gasteiger partial charge in [-0.05, 0) is 45.1 Å². The third-order valence-electron chi connectivity index (χ3n) is 6.92. The summed E-state index contributed by atoms with van der Waals surface area (Å²) in [7, 11) is 2.23. The van der Waals surface area contributed by atoms with E-state index in [4.69, 9.17) is 19.8 Å². The maximum absolute atomic E-state index is 12.5. The zero-order valence-electron chi connectivity index (χ0n) is 19.5. The van der Waals surface area contributed by atoms with Crippen LogP contribution >= 0.6 is 0 Å². The van der Waals surface area contributed by atoms with E-state index in [2.05, 4.69) is 28.7 Å². The summed E-state index contributed by atoms with van der Waals surface area (Å²) in [6.45, 7) is 8.69. The summed E-state index contributed by atoms with van der Waals surface area (Å²) in [6.07, 6.45) is 11.2. The smallest absolute Gasteiger partial charge is 0.290 e. The van der Waals surface area contributed by atoms with Crippen molar-refractivity contribution in [2.45, 2.75) is 70.8 Å². The molecular formula is C23H43N3O5. The van der Waals surface area contributed by atoms with Crippen molar-refractivity contribution in [2.24, 2.45) is 11.8 Å². The van der Waals surface area contributed by atoms with Gasteiger partial charge in [0.1, 0.15) is 0 Å². The van der Waals surface area contributed by atoms with Gasteiger partial charge in [-0.1, -0.05) is 32.1 Å². The second-order valence-corrected chi connectivity index (χ2v) is 9.18. The molecule has 2 aliphatic heterocycles. The van der Waals surface area contributed by atoms with Crippen molar-refractivity contribution < 1.29 is 24.6 Å². The predicted molar refractivity (Wildman–Crippen MR) is 121 cm³/mol. The van der Waals surface area contributed by atoms with Gasteiger partial charge in [-0.15, -0.1) is 0 Å². The lowest BCUT2D eigenvalue weighted by Gasteiger charge is -2.41. The molecule has 0 bridgehead atoms. The molecule has 1 aliphatic carbocycles. The van der Waals surface area contributed by atoms with Gasteiger partial charge in [0.15, 0.2) is 0 Å². The molecule has 1 amide bonds. The van der Waals surface area contributed by atoms with Crippen molar-refractivity contribution in [3.05, 3.63) is 0 Å². The number of likely N-dealkylation sites (N-methyl/N-ethyl adjacent to an activating group) is 1. The van der Waals surface area contributed by atoms with Gasteiger partial charge >= 0.3 is 0 Å². The van der Waals surface area contributed by atoms with Crippen LogP contribution in [0.1, 0.15) is 64.7 Å². The van der Waals surface area contributed by atoms with Gasteiger partial charge in [0.2, 0.25) is 5.91 Å². The third-order valence-corrected chi connectivity index (χ3v) is 6.92. The Morgan fingerprint density at radius 2 is 1.48 bits per heavy atom. The number of nitrogens with zero attached hydrogens (tertiary/aromatic N) is 3. The van der Waals surface area contributed by atoms with E-state index in [1.807, 2.05) is 0 Å². The van der Waals surface area contributed by atoms with Crippen LogP contribution in [0.3, 0.4) is 0 Å². The van der Waals surface area contributed by atoms with E-state index >= 15 is 0 Å². The maximum atomic E-state index is 12.5. The molecule has 3 fully saturated rings. The van der Waals surface area contributed by atoms with Gasteiger partial charge in [-0.2, -0.15) is 0 Å². The minimum atomic E-state index is -0.250. The summed E-state index contributed by atoms with van der Waals surface area (Å²) in [5, 5.41) is 13.8. The highest BCUT2D eigenvalue weighted by Crippen LogP contribution is 2.28. The Balaban J connectivity index is 0.000000720. The third kappa shape index (κ3) is 11.0. The van der Waals surface area contributed by atoms with Gasteiger partial charge in [0.25, 0.3) is 12.9 Å². The minimum Gasteiger partial charge on any atom is -0.483 e. The van der Waals surface area contributed by atoms with Crippen LogP contribution in [0.4, 0.5) is 0 Å². The van der Waals surface area contributed by atoms with Gasteiger partial charge in [0, 0.05) is 51.7 Å². The Morgan fingerprint density at radius 1 is 0.903 bits per heavy atom. The molecule has 1 saturated carbocycles. The van der Waals surface area contributed by atoms with Crippen molar-refractivity contribution in [1.29, 1.82) is 0 Å². The van der Waals surface area contributed by atoms with Gasteiger partial charge in [0.05, 0.1) is 0 Å². The molecule has 31 heavy (non-hydrogen) atoms. The van der Waals surface area contributed by atoms with E-state index in [1.54, 1.807) is 0 Å². The first-order valence-corrected chi connectivity index (χ1v) is 11.8. The molecule has 2 heterocycles. The normalized spacial score (nSPS) is 23.7. The quantitative estimate of drug-likeness (QED) is 0.632. The number of rotatable bonds is 5. The van der Waals surface area contributed by atoms with Crippen LogP contribution in [-0.4, -0.2) is 96.1 Å². The molecule has 1 atom stereocenters. The number of hydrogen-bond donors (Lipinski definition) is 2. The minimum absolute atomic E-state index is 0.250. The second kappa shape index (κ2) is 16.0. The number of piperazine rings is 1. The molecular weight excluding hydrogens is 398 g/mol. The summed E-state index contributed by atoms with van der Waals surface area (Å²) in [4.78, 5) is 36.5. The molecule has 1 unspecified atom stereocenters. The van der Waals surface area contributed by atoms with Crippen LogP contribution < -0.4 is 0 Å². The summed E-state index contributed by atoms with van der Waals surface area (Å²) >= 11 is 0. The number of hydrogen-bond acceptors (Lipinski definition) is 5. The molecule has 8 nitrogen and oxygen atoms in total. The Bertz CT molecular complexity index is 499. The first kappa shape index (κ1) is 27.4. The van der Waals surface area contributed by atoms with Gasteiger partial charge < -0.3 is 20.0 Å². The number of likely N-dealkylation sites (tertiary alicyclic amines) is 1. The molecule has 0 aromatic rings. The average molecular weight is 442 g/mol. The van der Waals surface area contributed by atoms with Crippen LogP contribution in [-0.2, 0) is 14.4 Å². The lowest BCUT2D eigenvalue weighted by atomic mass is 9.86. The summed E-state index contributed by atoms with van der Waals surface area (Å²) in [6, 6.07) is 0.675. The highest BCUT2D eigenvalue weighted by atomic mass is 16.3. The highest BCUT2D eigenvalue weighted by molar-refractivity contribution is 5.76. The van der Waals surface area contributed by atoms with Crippen molar-refractivity contribution in [1.82, 2.24) is 14.7 Å². The first-order chi connectivity index (χ1) is 14.9. The largest absolute Gasteiger partial charge is 0.483 e. The van der Waals surface area contributed by atoms with Crippen LogP contribution in [0.2, 0.25) is 0 Å². The maximum Gasteiger partial charge on any atom is 0.290 e. The molecule has 0 aromatic heterocycles. The molecule has 3 aliphatic rings. The number of carbonyl (C=O) groups is 3. The molecule has 0 aromatic carbocycles. The second-order valence-electron chi connectivity index (χ2n) is 9.18. The van der Waals surface area contributed by atoms with E-state index in [9.17, 15) is 4.79 Å². The van der Waals surface area contributed by atoms with Crippen molar-refractivity contribution in [3.8, 4) is 0 Å². The summed E-state index contributed by atoms with van der Waals surface area (Å²) in [5.41, 5.74) is 0. The Morgan fingerprint density at radius 3 is 2.03 bits per heavy atom. The van der Waals surface area contributed by atoms with Crippen molar-refractivity contribution >= 4 is 18.9 Å². The summed E-state index contributed by atoms with van der Waals surface area (Å²) < 4.78 is 0. The Hall–Kier alpha value is -1.67. The molecule has 2 saturated heterocycles. The monoisotopic (exact) mass is 441 g/mol. The fraction of sp³-hybridized carbons (Fsp3) is 0.870. The topological polar surface area (TPSA) is 101 Å². The number of amides is 1. The lowest BCUT2D eigenvalue weighted by Crippen LogP contribution is -2.52.